The Morgan fingerprint density at radius 2 is 2.14 bits per heavy atom. The minimum Gasteiger partial charge on any atom is -0.492 e. The molecule has 0 saturated carbocycles. The molecule has 1 rings (SSSR count). The van der Waals surface area contributed by atoms with Crippen LogP contribution in [0.5, 0.6) is 5.75 Å². The van der Waals surface area contributed by atoms with Gasteiger partial charge in [0.1, 0.15) is 5.02 Å². The maximum atomic E-state index is 12.9. The molecule has 0 aromatic heterocycles. The van der Waals surface area contributed by atoms with Crippen LogP contribution >= 0.6 is 11.6 Å². The van der Waals surface area contributed by atoms with Gasteiger partial charge in [-0.05, 0) is 6.07 Å². The zero-order valence-corrected chi connectivity index (χ0v) is 7.73. The first-order valence-electron chi connectivity index (χ1n) is 3.43. The molecule has 0 heterocycles. The topological polar surface area (TPSA) is 46.5 Å². The first-order chi connectivity index (χ1) is 6.49. The predicted octanol–water partition coefficient (Wildman–Crippen LogP) is 2.33. The molecule has 0 bridgehead atoms. The molecule has 6 heteroatoms. The van der Waals surface area contributed by atoms with E-state index in [1.54, 1.807) is 0 Å². The summed E-state index contributed by atoms with van der Waals surface area (Å²) in [5, 5.41) is 8.11. The summed E-state index contributed by atoms with van der Waals surface area (Å²) in [5.74, 6) is -4.68. The molecule has 0 fully saturated rings. The molecule has 0 aliphatic heterocycles. The van der Waals surface area contributed by atoms with Crippen LogP contribution in [-0.2, 0) is 0 Å². The number of rotatable bonds is 2. The van der Waals surface area contributed by atoms with Gasteiger partial charge in [-0.1, -0.05) is 11.6 Å². The molecule has 0 saturated heterocycles. The fraction of sp³-hybridized carbons (Fsp3) is 0.125. The van der Waals surface area contributed by atoms with Gasteiger partial charge in [0.15, 0.2) is 11.6 Å². The third-order valence-electron chi connectivity index (χ3n) is 1.55. The van der Waals surface area contributed by atoms with E-state index < -0.39 is 33.9 Å². The van der Waals surface area contributed by atoms with Gasteiger partial charge in [-0.3, -0.25) is 0 Å². The second-order valence-electron chi connectivity index (χ2n) is 2.37. The molecule has 0 aliphatic rings. The quantitative estimate of drug-likeness (QED) is 0.782. The van der Waals surface area contributed by atoms with Gasteiger partial charge >= 0.3 is 5.97 Å². The predicted molar refractivity (Wildman–Crippen MR) is 44.9 cm³/mol. The Balaban J connectivity index is 3.50. The molecular formula is C8H5ClF2O3. The zero-order valence-electron chi connectivity index (χ0n) is 6.97. The van der Waals surface area contributed by atoms with Crippen molar-refractivity contribution in [2.45, 2.75) is 0 Å². The second-order valence-corrected chi connectivity index (χ2v) is 2.75. The number of carboxylic acids is 1. The average molecular weight is 223 g/mol. The molecule has 0 atom stereocenters. The smallest absolute Gasteiger partial charge is 0.337 e. The van der Waals surface area contributed by atoms with Gasteiger partial charge < -0.3 is 9.84 Å². The number of halogens is 3. The lowest BCUT2D eigenvalue weighted by atomic mass is 10.2. The fourth-order valence-electron chi connectivity index (χ4n) is 0.915. The highest BCUT2D eigenvalue weighted by Crippen LogP contribution is 2.32. The van der Waals surface area contributed by atoms with E-state index in [1.807, 2.05) is 0 Å². The van der Waals surface area contributed by atoms with Gasteiger partial charge in [0, 0.05) is 0 Å². The fourth-order valence-corrected chi connectivity index (χ4v) is 1.21. The molecule has 76 valence electrons. The van der Waals surface area contributed by atoms with Crippen LogP contribution in [0.15, 0.2) is 6.07 Å². The average Bonchev–Trinajstić information content (AvgIpc) is 2.12. The van der Waals surface area contributed by atoms with Crippen molar-refractivity contribution in [3.8, 4) is 5.75 Å². The van der Waals surface area contributed by atoms with Crippen molar-refractivity contribution in [1.82, 2.24) is 0 Å². The monoisotopic (exact) mass is 222 g/mol. The number of hydrogen-bond donors (Lipinski definition) is 1. The van der Waals surface area contributed by atoms with Gasteiger partial charge in [-0.2, -0.15) is 4.39 Å². The second kappa shape index (κ2) is 3.79. The van der Waals surface area contributed by atoms with Gasteiger partial charge in [0.2, 0.25) is 5.82 Å². The first kappa shape index (κ1) is 10.7. The molecule has 0 unspecified atom stereocenters. The van der Waals surface area contributed by atoms with Gasteiger partial charge in [-0.15, -0.1) is 0 Å². The maximum absolute atomic E-state index is 12.9. The van der Waals surface area contributed by atoms with E-state index in [-0.39, 0.29) is 0 Å². The van der Waals surface area contributed by atoms with Crippen molar-refractivity contribution in [3.05, 3.63) is 28.3 Å². The number of ether oxygens (including phenoxy) is 1. The Morgan fingerprint density at radius 3 is 2.57 bits per heavy atom. The summed E-state index contributed by atoms with van der Waals surface area (Å²) in [6.07, 6.45) is 0. The summed E-state index contributed by atoms with van der Waals surface area (Å²) in [6.45, 7) is 0. The third-order valence-corrected chi connectivity index (χ3v) is 1.93. The molecule has 0 radical (unpaired) electrons. The van der Waals surface area contributed by atoms with Crippen molar-refractivity contribution in [2.75, 3.05) is 7.11 Å². The van der Waals surface area contributed by atoms with Gasteiger partial charge in [0.25, 0.3) is 0 Å². The van der Waals surface area contributed by atoms with Crippen molar-refractivity contribution < 1.29 is 23.4 Å². The van der Waals surface area contributed by atoms with Crippen molar-refractivity contribution in [2.24, 2.45) is 0 Å². The van der Waals surface area contributed by atoms with Crippen molar-refractivity contribution >= 4 is 17.6 Å². The van der Waals surface area contributed by atoms with Crippen LogP contribution in [0.4, 0.5) is 8.78 Å². The van der Waals surface area contributed by atoms with E-state index in [1.165, 1.54) is 0 Å². The van der Waals surface area contributed by atoms with Crippen LogP contribution in [-0.4, -0.2) is 18.2 Å². The third kappa shape index (κ3) is 1.63. The summed E-state index contributed by atoms with van der Waals surface area (Å²) in [7, 11) is 1.06. The summed E-state index contributed by atoms with van der Waals surface area (Å²) < 4.78 is 30.2. The SMILES string of the molecule is COc1c(F)c(F)cc(C(=O)O)c1Cl. The Kier molecular flexibility index (Phi) is 2.90. The lowest BCUT2D eigenvalue weighted by Crippen LogP contribution is -2.03. The lowest BCUT2D eigenvalue weighted by molar-refractivity contribution is 0.0696. The van der Waals surface area contributed by atoms with Crippen molar-refractivity contribution in [3.63, 3.8) is 0 Å². The number of carboxylic acid groups (broad SMARTS) is 1. The Hall–Kier alpha value is -1.36. The van der Waals surface area contributed by atoms with Gasteiger partial charge in [0.05, 0.1) is 12.7 Å². The highest BCUT2D eigenvalue weighted by molar-refractivity contribution is 6.35. The van der Waals surface area contributed by atoms with E-state index in [9.17, 15) is 13.6 Å². The largest absolute Gasteiger partial charge is 0.492 e. The molecule has 0 aliphatic carbocycles. The van der Waals surface area contributed by atoms with E-state index in [4.69, 9.17) is 16.7 Å². The minimum absolute atomic E-state index is 0.459. The Morgan fingerprint density at radius 1 is 1.57 bits per heavy atom. The van der Waals surface area contributed by atoms with E-state index >= 15 is 0 Å². The highest BCUT2D eigenvalue weighted by atomic mass is 35.5. The number of carbonyl (C=O) groups is 1. The molecule has 14 heavy (non-hydrogen) atoms. The van der Waals surface area contributed by atoms with Crippen LogP contribution in [0.1, 0.15) is 10.4 Å². The molecule has 0 spiro atoms. The Labute approximate surface area is 82.9 Å². The normalized spacial score (nSPS) is 10.0. The Bertz CT molecular complexity index is 393. The number of hydrogen-bond acceptors (Lipinski definition) is 2. The summed E-state index contributed by atoms with van der Waals surface area (Å²) in [5.41, 5.74) is -0.539. The van der Waals surface area contributed by atoms with E-state index in [0.29, 0.717) is 6.07 Å². The van der Waals surface area contributed by atoms with Crippen LogP contribution in [0.2, 0.25) is 5.02 Å². The molecule has 3 nitrogen and oxygen atoms in total. The lowest BCUT2D eigenvalue weighted by Gasteiger charge is -2.07. The first-order valence-corrected chi connectivity index (χ1v) is 3.81. The number of benzene rings is 1. The van der Waals surface area contributed by atoms with E-state index in [0.717, 1.165) is 7.11 Å². The highest BCUT2D eigenvalue weighted by Gasteiger charge is 2.21. The van der Waals surface area contributed by atoms with Crippen LogP contribution in [0, 0.1) is 11.6 Å². The van der Waals surface area contributed by atoms with Crippen LogP contribution in [0.3, 0.4) is 0 Å². The minimum atomic E-state index is -1.45. The molecule has 0 amide bonds. The van der Waals surface area contributed by atoms with Crippen LogP contribution in [0.25, 0.3) is 0 Å². The number of aromatic carboxylic acids is 1. The number of methoxy groups -OCH3 is 1. The molecular weight excluding hydrogens is 218 g/mol. The standard InChI is InChI=1S/C8H5ClF2O3/c1-14-7-5(9)3(8(12)13)2-4(10)6(7)11/h2H,1H3,(H,12,13). The maximum Gasteiger partial charge on any atom is 0.337 e. The molecule has 1 aromatic carbocycles. The molecule has 1 N–H and O–H groups in total. The van der Waals surface area contributed by atoms with Gasteiger partial charge in [-0.25, -0.2) is 9.18 Å². The van der Waals surface area contributed by atoms with E-state index in [2.05, 4.69) is 4.74 Å². The summed E-state index contributed by atoms with van der Waals surface area (Å²) in [4.78, 5) is 10.5. The zero-order chi connectivity index (χ0) is 10.9. The van der Waals surface area contributed by atoms with Crippen LogP contribution < -0.4 is 4.74 Å². The molecule has 1 aromatic rings. The van der Waals surface area contributed by atoms with Crippen molar-refractivity contribution in [1.29, 1.82) is 0 Å². The summed E-state index contributed by atoms with van der Waals surface area (Å²) in [6, 6.07) is 0.502. The summed E-state index contributed by atoms with van der Waals surface area (Å²) >= 11 is 5.47.